The molecule has 0 saturated carbocycles. The van der Waals surface area contributed by atoms with E-state index in [4.69, 9.17) is 15.0 Å². The van der Waals surface area contributed by atoms with Crippen molar-refractivity contribution in [2.75, 3.05) is 0 Å². The fourth-order valence-corrected chi connectivity index (χ4v) is 6.94. The van der Waals surface area contributed by atoms with Crippen LogP contribution < -0.4 is 0 Å². The van der Waals surface area contributed by atoms with Crippen molar-refractivity contribution in [2.24, 2.45) is 5.92 Å². The van der Waals surface area contributed by atoms with Gasteiger partial charge in [-0.15, -0.1) is 0 Å². The average Bonchev–Trinajstić information content (AvgIpc) is 3.77. The predicted octanol–water partition coefficient (Wildman–Crippen LogP) is 14.0. The molecular formula is C52H43N3. The zero-order valence-corrected chi connectivity index (χ0v) is 31.7. The van der Waals surface area contributed by atoms with E-state index in [1.807, 2.05) is 0 Å². The zero-order valence-electron chi connectivity index (χ0n) is 31.7. The fraction of sp³-hybridized carbons (Fsp3) is 0.0962. The molecule has 0 unspecified atom stereocenters. The number of hydrogen-bond donors (Lipinski definition) is 0. The molecule has 0 fully saturated rings. The van der Waals surface area contributed by atoms with Crippen molar-refractivity contribution in [3.63, 3.8) is 0 Å². The minimum absolute atomic E-state index is 0.458. The first kappa shape index (κ1) is 35.3. The minimum atomic E-state index is 0.458. The summed E-state index contributed by atoms with van der Waals surface area (Å²) in [6.07, 6.45) is 8.70. The second kappa shape index (κ2) is 15.7. The van der Waals surface area contributed by atoms with E-state index in [9.17, 15) is 0 Å². The molecular weight excluding hydrogens is 667 g/mol. The summed E-state index contributed by atoms with van der Waals surface area (Å²) < 4.78 is 0. The number of nitrogens with zero attached hydrogens (tertiary/aromatic N) is 3. The highest BCUT2D eigenvalue weighted by molar-refractivity contribution is 5.76. The van der Waals surface area contributed by atoms with Gasteiger partial charge in [0, 0.05) is 16.7 Å². The summed E-state index contributed by atoms with van der Waals surface area (Å²) in [4.78, 5) is 15.2. The second-order valence-corrected chi connectivity index (χ2v) is 14.3. The largest absolute Gasteiger partial charge is 0.208 e. The SMILES string of the molecule is C\C=C/C(=C/C=C(\C)c1ccc(-c2nc(-c3ccc(-c4ccc5cccc-5cc4)cc3)nc(-c3ccc(-c4ccc5cccc-5cc4)cc3)n2)cc1)C(C)C. The Morgan fingerprint density at radius 3 is 1.00 bits per heavy atom. The third-order valence-corrected chi connectivity index (χ3v) is 10.3. The average molecular weight is 710 g/mol. The third-order valence-electron chi connectivity index (χ3n) is 10.3. The Hall–Kier alpha value is -6.71. The molecule has 0 bridgehead atoms. The maximum atomic E-state index is 5.06. The molecule has 0 atom stereocenters. The Balaban J connectivity index is 1.15. The number of allylic oxidation sites excluding steroid dienone is 6. The third kappa shape index (κ3) is 7.83. The van der Waals surface area contributed by atoms with Crippen molar-refractivity contribution in [3.05, 3.63) is 193 Å². The molecule has 0 saturated heterocycles. The van der Waals surface area contributed by atoms with Crippen LogP contribution in [0, 0.1) is 5.92 Å². The van der Waals surface area contributed by atoms with Crippen LogP contribution in [0.15, 0.2) is 188 Å². The van der Waals surface area contributed by atoms with E-state index in [2.05, 4.69) is 210 Å². The van der Waals surface area contributed by atoms with Crippen LogP contribution in [0.3, 0.4) is 0 Å². The summed E-state index contributed by atoms with van der Waals surface area (Å²) in [5.74, 6) is 2.37. The second-order valence-electron chi connectivity index (χ2n) is 14.3. The Bertz CT molecular complexity index is 2410. The topological polar surface area (TPSA) is 38.7 Å². The first-order valence-corrected chi connectivity index (χ1v) is 19.0. The lowest BCUT2D eigenvalue weighted by atomic mass is 10.00. The standard InChI is InChI=1S/C52H43N3/c1-5-8-37(35(2)3)14-13-36(4)38-15-29-47(30-16-38)50-53-51(48-31-25-45(26-32-48)43-21-17-39-9-6-10-40(39)18-22-43)55-52(54-50)49-33-27-46(28-34-49)44-23-19-41-11-7-12-42(41)20-24-44/h5-35H,1-4H3/b8-5-,36-13+,37-14-. The summed E-state index contributed by atoms with van der Waals surface area (Å²) in [5, 5.41) is 0. The van der Waals surface area contributed by atoms with Crippen molar-refractivity contribution in [1.29, 1.82) is 0 Å². The maximum absolute atomic E-state index is 5.06. The van der Waals surface area contributed by atoms with Gasteiger partial charge in [0.2, 0.25) is 0 Å². The molecule has 0 amide bonds. The molecule has 1 heterocycles. The van der Waals surface area contributed by atoms with E-state index < -0.39 is 0 Å². The normalized spacial score (nSPS) is 12.3. The number of benzene rings is 3. The van der Waals surface area contributed by atoms with Gasteiger partial charge in [-0.2, -0.15) is 0 Å². The highest BCUT2D eigenvalue weighted by atomic mass is 15.0. The molecule has 4 aliphatic rings. The van der Waals surface area contributed by atoms with Crippen LogP contribution in [0.25, 0.3) is 84.2 Å². The molecule has 266 valence electrons. The fourth-order valence-electron chi connectivity index (χ4n) is 6.94. The Labute approximate surface area is 324 Å². The van der Waals surface area contributed by atoms with Gasteiger partial charge in [0.1, 0.15) is 0 Å². The van der Waals surface area contributed by atoms with Crippen molar-refractivity contribution < 1.29 is 0 Å². The van der Waals surface area contributed by atoms with Crippen LogP contribution in [0.5, 0.6) is 0 Å². The van der Waals surface area contributed by atoms with Gasteiger partial charge < -0.3 is 0 Å². The molecule has 4 aliphatic carbocycles. The predicted molar refractivity (Wildman–Crippen MR) is 232 cm³/mol. The van der Waals surface area contributed by atoms with Gasteiger partial charge in [-0.25, -0.2) is 15.0 Å². The Morgan fingerprint density at radius 2 is 0.691 bits per heavy atom. The van der Waals surface area contributed by atoms with Gasteiger partial charge >= 0.3 is 0 Å². The smallest absolute Gasteiger partial charge is 0.164 e. The van der Waals surface area contributed by atoms with Crippen molar-refractivity contribution in [3.8, 4) is 78.7 Å². The quantitative estimate of drug-likeness (QED) is 0.140. The van der Waals surface area contributed by atoms with Gasteiger partial charge in [0.15, 0.2) is 17.5 Å². The molecule has 0 N–H and O–H groups in total. The lowest BCUT2D eigenvalue weighted by Gasteiger charge is -2.10. The van der Waals surface area contributed by atoms with Gasteiger partial charge in [-0.1, -0.05) is 196 Å². The van der Waals surface area contributed by atoms with E-state index >= 15 is 0 Å². The number of fused-ring (bicyclic) bond motifs is 2. The first-order chi connectivity index (χ1) is 26.9. The van der Waals surface area contributed by atoms with E-state index in [0.29, 0.717) is 23.4 Å². The zero-order chi connectivity index (χ0) is 37.7. The van der Waals surface area contributed by atoms with Crippen LogP contribution in [0.2, 0.25) is 0 Å². The van der Waals surface area contributed by atoms with Crippen LogP contribution in [-0.4, -0.2) is 15.0 Å². The van der Waals surface area contributed by atoms with Crippen LogP contribution in [0.1, 0.15) is 33.3 Å². The first-order valence-electron chi connectivity index (χ1n) is 19.0. The van der Waals surface area contributed by atoms with Crippen LogP contribution >= 0.6 is 0 Å². The summed E-state index contributed by atoms with van der Waals surface area (Å²) >= 11 is 0. The lowest BCUT2D eigenvalue weighted by molar-refractivity contribution is 0.791. The van der Waals surface area contributed by atoms with Gasteiger partial charge in [0.25, 0.3) is 0 Å². The van der Waals surface area contributed by atoms with Gasteiger partial charge in [-0.3, -0.25) is 0 Å². The summed E-state index contributed by atoms with van der Waals surface area (Å²) in [6.45, 7) is 8.66. The van der Waals surface area contributed by atoms with Crippen LogP contribution in [0.4, 0.5) is 0 Å². The summed E-state index contributed by atoms with van der Waals surface area (Å²) in [5.41, 5.74) is 16.0. The molecule has 55 heavy (non-hydrogen) atoms. The molecule has 4 aromatic rings. The van der Waals surface area contributed by atoms with Crippen molar-refractivity contribution in [1.82, 2.24) is 15.0 Å². The Kier molecular flexibility index (Phi) is 10.1. The van der Waals surface area contributed by atoms with E-state index in [1.165, 1.54) is 33.4 Å². The summed E-state index contributed by atoms with van der Waals surface area (Å²) in [7, 11) is 0. The molecule has 0 radical (unpaired) electrons. The molecule has 0 spiro atoms. The highest BCUT2D eigenvalue weighted by Gasteiger charge is 2.14. The highest BCUT2D eigenvalue weighted by Crippen LogP contribution is 2.31. The van der Waals surface area contributed by atoms with Crippen molar-refractivity contribution >= 4 is 5.57 Å². The molecule has 3 heteroatoms. The molecule has 3 nitrogen and oxygen atoms in total. The van der Waals surface area contributed by atoms with Gasteiger partial charge in [0.05, 0.1) is 0 Å². The minimum Gasteiger partial charge on any atom is -0.208 e. The van der Waals surface area contributed by atoms with E-state index in [0.717, 1.165) is 44.5 Å². The monoisotopic (exact) mass is 709 g/mol. The van der Waals surface area contributed by atoms with E-state index in [1.54, 1.807) is 0 Å². The van der Waals surface area contributed by atoms with E-state index in [-0.39, 0.29) is 0 Å². The van der Waals surface area contributed by atoms with Crippen molar-refractivity contribution in [2.45, 2.75) is 27.7 Å². The lowest BCUT2D eigenvalue weighted by Crippen LogP contribution is -2.00. The van der Waals surface area contributed by atoms with Gasteiger partial charge in [-0.05, 0) is 81.0 Å². The molecule has 0 aliphatic heterocycles. The number of rotatable bonds is 9. The maximum Gasteiger partial charge on any atom is 0.164 e. The number of aromatic nitrogens is 3. The number of hydrogen-bond acceptors (Lipinski definition) is 3. The summed E-state index contributed by atoms with van der Waals surface area (Å²) in [6, 6.07) is 55.8. The molecule has 8 rings (SSSR count). The van der Waals surface area contributed by atoms with Crippen LogP contribution in [-0.2, 0) is 0 Å². The Morgan fingerprint density at radius 1 is 0.400 bits per heavy atom. The molecule has 1 aromatic heterocycles. The molecule has 3 aromatic carbocycles.